The average Bonchev–Trinajstić information content (AvgIpc) is 2.97. The van der Waals surface area contributed by atoms with Crippen LogP contribution in [0.1, 0.15) is 29.6 Å². The standard InChI is InChI=1S/C11H15N3O3/c15-10(13-4-1-2-5-13)3-6-14-8-9(7-12-14)11(16)17/h7-8H,1-6H2,(H,16,17). The van der Waals surface area contributed by atoms with Crippen LogP contribution in [-0.2, 0) is 11.3 Å². The van der Waals surface area contributed by atoms with E-state index in [9.17, 15) is 9.59 Å². The molecule has 6 heteroatoms. The molecule has 1 aliphatic rings. The fourth-order valence-corrected chi connectivity index (χ4v) is 1.93. The minimum Gasteiger partial charge on any atom is -0.478 e. The number of carbonyl (C=O) groups is 2. The number of carbonyl (C=O) groups excluding carboxylic acids is 1. The Morgan fingerprint density at radius 2 is 2.06 bits per heavy atom. The average molecular weight is 237 g/mol. The maximum Gasteiger partial charge on any atom is 0.338 e. The topological polar surface area (TPSA) is 75.4 Å². The summed E-state index contributed by atoms with van der Waals surface area (Å²) in [6, 6.07) is 0. The fraction of sp³-hybridized carbons (Fsp3) is 0.545. The Morgan fingerprint density at radius 3 is 2.65 bits per heavy atom. The zero-order valence-corrected chi connectivity index (χ0v) is 9.50. The lowest BCUT2D eigenvalue weighted by Crippen LogP contribution is -2.28. The van der Waals surface area contributed by atoms with Gasteiger partial charge in [-0.3, -0.25) is 9.48 Å². The van der Waals surface area contributed by atoms with Gasteiger partial charge in [-0.2, -0.15) is 5.10 Å². The quantitative estimate of drug-likeness (QED) is 0.831. The van der Waals surface area contributed by atoms with Crippen LogP contribution in [0.2, 0.25) is 0 Å². The van der Waals surface area contributed by atoms with Crippen LogP contribution in [0.3, 0.4) is 0 Å². The molecule has 0 aromatic carbocycles. The van der Waals surface area contributed by atoms with E-state index in [4.69, 9.17) is 5.11 Å². The first-order valence-electron chi connectivity index (χ1n) is 5.70. The Morgan fingerprint density at radius 1 is 1.35 bits per heavy atom. The van der Waals surface area contributed by atoms with Crippen LogP contribution < -0.4 is 0 Å². The third-order valence-corrected chi connectivity index (χ3v) is 2.89. The highest BCUT2D eigenvalue weighted by molar-refractivity contribution is 5.86. The molecule has 0 aliphatic carbocycles. The molecule has 1 fully saturated rings. The lowest BCUT2D eigenvalue weighted by molar-refractivity contribution is -0.130. The molecule has 0 bridgehead atoms. The molecule has 0 saturated carbocycles. The van der Waals surface area contributed by atoms with Gasteiger partial charge in [0.25, 0.3) is 0 Å². The van der Waals surface area contributed by atoms with Crippen molar-refractivity contribution in [2.24, 2.45) is 0 Å². The summed E-state index contributed by atoms with van der Waals surface area (Å²) in [5.41, 5.74) is 0.152. The number of likely N-dealkylation sites (tertiary alicyclic amines) is 1. The van der Waals surface area contributed by atoms with E-state index in [1.54, 1.807) is 0 Å². The highest BCUT2D eigenvalue weighted by Crippen LogP contribution is 2.09. The third kappa shape index (κ3) is 2.83. The van der Waals surface area contributed by atoms with Gasteiger partial charge in [-0.25, -0.2) is 4.79 Å². The van der Waals surface area contributed by atoms with Gasteiger partial charge in [0, 0.05) is 32.3 Å². The molecule has 0 spiro atoms. The van der Waals surface area contributed by atoms with Gasteiger partial charge >= 0.3 is 5.97 Å². The molecule has 1 aliphatic heterocycles. The molecular formula is C11H15N3O3. The Labute approximate surface area is 98.8 Å². The number of carboxylic acid groups (broad SMARTS) is 1. The van der Waals surface area contributed by atoms with E-state index in [2.05, 4.69) is 5.10 Å². The van der Waals surface area contributed by atoms with Crippen LogP contribution in [0.15, 0.2) is 12.4 Å². The zero-order chi connectivity index (χ0) is 12.3. The van der Waals surface area contributed by atoms with Crippen molar-refractivity contribution in [3.63, 3.8) is 0 Å². The van der Waals surface area contributed by atoms with Crippen molar-refractivity contribution in [1.29, 1.82) is 0 Å². The van der Waals surface area contributed by atoms with Crippen molar-refractivity contribution >= 4 is 11.9 Å². The largest absolute Gasteiger partial charge is 0.478 e. The monoisotopic (exact) mass is 237 g/mol. The van der Waals surface area contributed by atoms with E-state index >= 15 is 0 Å². The second kappa shape index (κ2) is 4.99. The Hall–Kier alpha value is -1.85. The van der Waals surface area contributed by atoms with Gasteiger partial charge in [0.2, 0.25) is 5.91 Å². The Balaban J connectivity index is 1.84. The zero-order valence-electron chi connectivity index (χ0n) is 9.50. The summed E-state index contributed by atoms with van der Waals surface area (Å²) in [4.78, 5) is 24.2. The van der Waals surface area contributed by atoms with E-state index < -0.39 is 5.97 Å². The maximum atomic E-state index is 11.7. The van der Waals surface area contributed by atoms with Gasteiger partial charge in [0.15, 0.2) is 0 Å². The molecule has 0 radical (unpaired) electrons. The van der Waals surface area contributed by atoms with Gasteiger partial charge < -0.3 is 10.0 Å². The molecule has 2 rings (SSSR count). The predicted octanol–water partition coefficient (Wildman–Crippen LogP) is 0.594. The minimum absolute atomic E-state index is 0.120. The van der Waals surface area contributed by atoms with Crippen LogP contribution >= 0.6 is 0 Å². The SMILES string of the molecule is O=C(O)c1cnn(CCC(=O)N2CCCC2)c1. The fourth-order valence-electron chi connectivity index (χ4n) is 1.93. The van der Waals surface area contributed by atoms with Crippen molar-refractivity contribution in [2.45, 2.75) is 25.8 Å². The Kier molecular flexibility index (Phi) is 3.41. The number of hydrogen-bond acceptors (Lipinski definition) is 3. The van der Waals surface area contributed by atoms with Crippen LogP contribution in [0.25, 0.3) is 0 Å². The summed E-state index contributed by atoms with van der Waals surface area (Å²) >= 11 is 0. The van der Waals surface area contributed by atoms with E-state index in [0.29, 0.717) is 13.0 Å². The molecule has 2 heterocycles. The molecule has 1 N–H and O–H groups in total. The summed E-state index contributed by atoms with van der Waals surface area (Å²) in [5.74, 6) is -0.878. The van der Waals surface area contributed by atoms with Crippen molar-refractivity contribution in [2.75, 3.05) is 13.1 Å². The minimum atomic E-state index is -0.998. The summed E-state index contributed by atoms with van der Waals surface area (Å²) in [7, 11) is 0. The lowest BCUT2D eigenvalue weighted by atomic mass is 10.3. The molecule has 1 aromatic rings. The molecular weight excluding hydrogens is 222 g/mol. The third-order valence-electron chi connectivity index (χ3n) is 2.89. The van der Waals surface area contributed by atoms with Crippen molar-refractivity contribution < 1.29 is 14.7 Å². The van der Waals surface area contributed by atoms with E-state index in [-0.39, 0.29) is 11.5 Å². The number of aromatic carboxylic acids is 1. The van der Waals surface area contributed by atoms with Crippen LogP contribution in [-0.4, -0.2) is 44.8 Å². The molecule has 0 unspecified atom stereocenters. The van der Waals surface area contributed by atoms with E-state index in [1.807, 2.05) is 4.90 Å². The second-order valence-corrected chi connectivity index (χ2v) is 4.14. The smallest absolute Gasteiger partial charge is 0.338 e. The summed E-state index contributed by atoms with van der Waals surface area (Å²) in [6.07, 6.45) is 5.27. The highest BCUT2D eigenvalue weighted by atomic mass is 16.4. The number of rotatable bonds is 4. The summed E-state index contributed by atoms with van der Waals surface area (Å²) in [5, 5.41) is 12.6. The normalized spacial score (nSPS) is 15.2. The second-order valence-electron chi connectivity index (χ2n) is 4.14. The highest BCUT2D eigenvalue weighted by Gasteiger charge is 2.17. The molecule has 6 nitrogen and oxygen atoms in total. The molecule has 1 saturated heterocycles. The summed E-state index contributed by atoms with van der Waals surface area (Å²) < 4.78 is 1.50. The van der Waals surface area contributed by atoms with Crippen LogP contribution in [0, 0.1) is 0 Å². The number of aromatic nitrogens is 2. The number of nitrogens with zero attached hydrogens (tertiary/aromatic N) is 3. The van der Waals surface area contributed by atoms with Crippen LogP contribution in [0.4, 0.5) is 0 Å². The van der Waals surface area contributed by atoms with Gasteiger partial charge in [-0.05, 0) is 12.8 Å². The van der Waals surface area contributed by atoms with Gasteiger partial charge in [-0.15, -0.1) is 0 Å². The Bertz CT molecular complexity index is 421. The van der Waals surface area contributed by atoms with Crippen LogP contribution in [0.5, 0.6) is 0 Å². The first-order chi connectivity index (χ1) is 8.16. The summed E-state index contributed by atoms with van der Waals surface area (Å²) in [6.45, 7) is 2.12. The number of carboxylic acids is 1. The van der Waals surface area contributed by atoms with Gasteiger partial charge in [0.1, 0.15) is 0 Å². The number of amides is 1. The first-order valence-corrected chi connectivity index (χ1v) is 5.70. The lowest BCUT2D eigenvalue weighted by Gasteiger charge is -2.14. The number of hydrogen-bond donors (Lipinski definition) is 1. The maximum absolute atomic E-state index is 11.7. The first kappa shape index (κ1) is 11.6. The van der Waals surface area contributed by atoms with Crippen molar-refractivity contribution in [3.05, 3.63) is 18.0 Å². The molecule has 17 heavy (non-hydrogen) atoms. The molecule has 1 aromatic heterocycles. The van der Waals surface area contributed by atoms with E-state index in [0.717, 1.165) is 25.9 Å². The van der Waals surface area contributed by atoms with Gasteiger partial charge in [-0.1, -0.05) is 0 Å². The van der Waals surface area contributed by atoms with Crippen molar-refractivity contribution in [1.82, 2.24) is 14.7 Å². The van der Waals surface area contributed by atoms with Crippen molar-refractivity contribution in [3.8, 4) is 0 Å². The molecule has 1 amide bonds. The van der Waals surface area contributed by atoms with E-state index in [1.165, 1.54) is 17.1 Å². The number of aryl methyl sites for hydroxylation is 1. The molecule has 0 atom stereocenters. The molecule has 92 valence electrons. The van der Waals surface area contributed by atoms with Gasteiger partial charge in [0.05, 0.1) is 11.8 Å². The predicted molar refractivity (Wildman–Crippen MR) is 59.6 cm³/mol.